The summed E-state index contributed by atoms with van der Waals surface area (Å²) in [5, 5.41) is 16.7. The van der Waals surface area contributed by atoms with Gasteiger partial charge in [0.25, 0.3) is 0 Å². The monoisotopic (exact) mass is 384 g/mol. The molecule has 0 aromatic heterocycles. The molecule has 0 bridgehead atoms. The molecule has 0 fully saturated rings. The zero-order valence-electron chi connectivity index (χ0n) is 16.2. The SMILES string of the molecule is C[Si](C)(C)CCOCN=C(CC=N)c1ccc(Oc2ccc(O)cc2)cc1. The minimum Gasteiger partial charge on any atom is -0.508 e. The van der Waals surface area contributed by atoms with Gasteiger partial charge in [0.15, 0.2) is 0 Å². The van der Waals surface area contributed by atoms with E-state index < -0.39 is 8.07 Å². The molecule has 0 spiro atoms. The summed E-state index contributed by atoms with van der Waals surface area (Å²) in [5.74, 6) is 1.56. The van der Waals surface area contributed by atoms with Crippen molar-refractivity contribution in [3.05, 3.63) is 54.1 Å². The smallest absolute Gasteiger partial charge is 0.137 e. The molecule has 2 N–H and O–H groups in total. The molecule has 0 saturated heterocycles. The van der Waals surface area contributed by atoms with Crippen LogP contribution < -0.4 is 4.74 Å². The molecule has 0 aliphatic rings. The molecular weight excluding hydrogens is 356 g/mol. The van der Waals surface area contributed by atoms with Crippen molar-refractivity contribution in [1.82, 2.24) is 0 Å². The first-order chi connectivity index (χ1) is 12.9. The minimum atomic E-state index is -1.09. The van der Waals surface area contributed by atoms with Crippen LogP contribution >= 0.6 is 0 Å². The number of ether oxygens (including phenoxy) is 2. The Morgan fingerprint density at radius 2 is 1.63 bits per heavy atom. The maximum absolute atomic E-state index is 9.32. The van der Waals surface area contributed by atoms with Crippen molar-refractivity contribution in [2.45, 2.75) is 32.1 Å². The third-order valence-electron chi connectivity index (χ3n) is 3.90. The Balaban J connectivity index is 1.96. The quantitative estimate of drug-likeness (QED) is 0.330. The Kier molecular flexibility index (Phi) is 7.76. The van der Waals surface area contributed by atoms with Gasteiger partial charge < -0.3 is 20.0 Å². The molecule has 2 aromatic rings. The second-order valence-corrected chi connectivity index (χ2v) is 13.1. The lowest BCUT2D eigenvalue weighted by Crippen LogP contribution is -2.21. The predicted molar refractivity (Wildman–Crippen MR) is 114 cm³/mol. The van der Waals surface area contributed by atoms with E-state index in [4.69, 9.17) is 14.9 Å². The number of phenolic OH excluding ortho intramolecular Hbond substituents is 1. The number of benzene rings is 2. The number of hydrogen-bond acceptors (Lipinski definition) is 5. The van der Waals surface area contributed by atoms with Crippen LogP contribution in [0.5, 0.6) is 17.2 Å². The Bertz CT molecular complexity index is 750. The zero-order chi connectivity index (χ0) is 19.7. The fourth-order valence-electron chi connectivity index (χ4n) is 2.30. The minimum absolute atomic E-state index is 0.206. The highest BCUT2D eigenvalue weighted by Crippen LogP contribution is 2.24. The molecule has 0 radical (unpaired) electrons. The van der Waals surface area contributed by atoms with Crippen LogP contribution in [-0.2, 0) is 4.74 Å². The second kappa shape index (κ2) is 10.0. The summed E-state index contributed by atoms with van der Waals surface area (Å²) in [7, 11) is -1.09. The van der Waals surface area contributed by atoms with Gasteiger partial charge in [-0.15, -0.1) is 0 Å². The largest absolute Gasteiger partial charge is 0.508 e. The van der Waals surface area contributed by atoms with E-state index in [0.717, 1.165) is 23.9 Å². The van der Waals surface area contributed by atoms with Crippen LogP contribution in [0.3, 0.4) is 0 Å². The van der Waals surface area contributed by atoms with E-state index in [2.05, 4.69) is 24.6 Å². The average Bonchev–Trinajstić information content (AvgIpc) is 2.62. The molecule has 27 heavy (non-hydrogen) atoms. The first-order valence-electron chi connectivity index (χ1n) is 9.05. The van der Waals surface area contributed by atoms with Gasteiger partial charge in [-0.05, 0) is 60.1 Å². The summed E-state index contributed by atoms with van der Waals surface area (Å²) in [6.07, 6.45) is 1.82. The summed E-state index contributed by atoms with van der Waals surface area (Å²) >= 11 is 0. The predicted octanol–water partition coefficient (Wildman–Crippen LogP) is 5.33. The summed E-state index contributed by atoms with van der Waals surface area (Å²) in [6, 6.07) is 15.3. The van der Waals surface area contributed by atoms with Crippen LogP contribution in [0, 0.1) is 5.41 Å². The van der Waals surface area contributed by atoms with E-state index in [1.54, 1.807) is 24.3 Å². The molecule has 0 aliphatic carbocycles. The number of hydrogen-bond donors (Lipinski definition) is 2. The van der Waals surface area contributed by atoms with Crippen molar-refractivity contribution in [2.24, 2.45) is 4.99 Å². The van der Waals surface area contributed by atoms with E-state index >= 15 is 0 Å². The number of rotatable bonds is 10. The fourth-order valence-corrected chi connectivity index (χ4v) is 3.06. The highest BCUT2D eigenvalue weighted by molar-refractivity contribution is 6.76. The number of aromatic hydroxyl groups is 1. The van der Waals surface area contributed by atoms with Gasteiger partial charge in [0, 0.05) is 27.3 Å². The van der Waals surface area contributed by atoms with Gasteiger partial charge in [-0.2, -0.15) is 0 Å². The first kappa shape index (κ1) is 20.9. The third kappa shape index (κ3) is 7.76. The van der Waals surface area contributed by atoms with Crippen molar-refractivity contribution in [3.8, 4) is 17.2 Å². The van der Waals surface area contributed by atoms with Crippen LogP contribution in [0.4, 0.5) is 0 Å². The molecule has 0 atom stereocenters. The van der Waals surface area contributed by atoms with E-state index in [9.17, 15) is 5.11 Å². The van der Waals surface area contributed by atoms with Gasteiger partial charge in [0.05, 0.1) is 5.71 Å². The lowest BCUT2D eigenvalue weighted by molar-refractivity contribution is 0.155. The van der Waals surface area contributed by atoms with Crippen molar-refractivity contribution in [3.63, 3.8) is 0 Å². The molecule has 2 rings (SSSR count). The fraction of sp³-hybridized carbons (Fsp3) is 0.333. The van der Waals surface area contributed by atoms with Crippen molar-refractivity contribution in [1.29, 1.82) is 5.41 Å². The summed E-state index contributed by atoms with van der Waals surface area (Å²) in [4.78, 5) is 4.52. The summed E-state index contributed by atoms with van der Waals surface area (Å²) in [6.45, 7) is 8.02. The standard InChI is InChI=1S/C21H28N2O3Si/c1-27(2,3)15-14-25-16-23-21(12-13-22)17-4-8-19(9-5-17)26-20-10-6-18(24)7-11-20/h4-11,13,22,24H,12,14-16H2,1-3H3. The van der Waals surface area contributed by atoms with Gasteiger partial charge in [-0.3, -0.25) is 4.99 Å². The maximum atomic E-state index is 9.32. The molecule has 0 aliphatic heterocycles. The van der Waals surface area contributed by atoms with E-state index in [1.165, 1.54) is 6.21 Å². The lowest BCUT2D eigenvalue weighted by atomic mass is 10.1. The molecule has 144 valence electrons. The molecule has 2 aromatic carbocycles. The number of nitrogens with one attached hydrogen (secondary N) is 1. The highest BCUT2D eigenvalue weighted by atomic mass is 28.3. The molecular formula is C21H28N2O3Si. The second-order valence-electron chi connectivity index (χ2n) is 7.48. The molecule has 6 heteroatoms. The van der Waals surface area contributed by atoms with Gasteiger partial charge in [0.2, 0.25) is 0 Å². The third-order valence-corrected chi connectivity index (χ3v) is 5.60. The summed E-state index contributed by atoms with van der Waals surface area (Å²) in [5.41, 5.74) is 1.78. The van der Waals surface area contributed by atoms with E-state index in [1.807, 2.05) is 24.3 Å². The average molecular weight is 385 g/mol. The van der Waals surface area contributed by atoms with Crippen LogP contribution in [0.15, 0.2) is 53.5 Å². The Morgan fingerprint density at radius 3 is 2.19 bits per heavy atom. The van der Waals surface area contributed by atoms with Crippen molar-refractivity contribution < 1.29 is 14.6 Å². The Hall–Kier alpha value is -2.44. The van der Waals surface area contributed by atoms with Gasteiger partial charge in [-0.1, -0.05) is 19.6 Å². The zero-order valence-corrected chi connectivity index (χ0v) is 17.2. The van der Waals surface area contributed by atoms with Gasteiger partial charge >= 0.3 is 0 Å². The van der Waals surface area contributed by atoms with Crippen molar-refractivity contribution >= 4 is 20.0 Å². The number of nitrogens with zero attached hydrogens (tertiary/aromatic N) is 1. The lowest BCUT2D eigenvalue weighted by Gasteiger charge is -2.14. The Labute approximate surface area is 162 Å². The normalized spacial score (nSPS) is 12.0. The number of aliphatic imine (C=N–C) groups is 1. The van der Waals surface area contributed by atoms with Gasteiger partial charge in [0.1, 0.15) is 24.0 Å². The van der Waals surface area contributed by atoms with Crippen LogP contribution in [0.2, 0.25) is 25.7 Å². The molecule has 5 nitrogen and oxygen atoms in total. The first-order valence-corrected chi connectivity index (χ1v) is 12.8. The topological polar surface area (TPSA) is 74.9 Å². The van der Waals surface area contributed by atoms with Crippen molar-refractivity contribution in [2.75, 3.05) is 13.3 Å². The molecule has 0 heterocycles. The summed E-state index contributed by atoms with van der Waals surface area (Å²) < 4.78 is 11.4. The van der Waals surface area contributed by atoms with E-state index in [0.29, 0.717) is 24.7 Å². The van der Waals surface area contributed by atoms with Crippen LogP contribution in [-0.4, -0.2) is 38.4 Å². The molecule has 0 unspecified atom stereocenters. The van der Waals surface area contributed by atoms with Crippen LogP contribution in [0.1, 0.15) is 12.0 Å². The number of phenols is 1. The van der Waals surface area contributed by atoms with Crippen LogP contribution in [0.25, 0.3) is 0 Å². The maximum Gasteiger partial charge on any atom is 0.137 e. The molecule has 0 saturated carbocycles. The van der Waals surface area contributed by atoms with Gasteiger partial charge in [-0.25, -0.2) is 0 Å². The highest BCUT2D eigenvalue weighted by Gasteiger charge is 2.12. The van der Waals surface area contributed by atoms with E-state index in [-0.39, 0.29) is 5.75 Å². The molecule has 0 amide bonds. The Morgan fingerprint density at radius 1 is 1.04 bits per heavy atom.